The summed E-state index contributed by atoms with van der Waals surface area (Å²) in [7, 11) is 0. The lowest BCUT2D eigenvalue weighted by Gasteiger charge is -2.21. The Morgan fingerprint density at radius 2 is 1.84 bits per heavy atom. The molecule has 102 valence electrons. The summed E-state index contributed by atoms with van der Waals surface area (Å²) < 4.78 is 0. The van der Waals surface area contributed by atoms with E-state index >= 15 is 0 Å². The van der Waals surface area contributed by atoms with Gasteiger partial charge in [0.25, 0.3) is 0 Å². The van der Waals surface area contributed by atoms with Crippen molar-refractivity contribution in [3.05, 3.63) is 6.20 Å². The SMILES string of the molecule is Nc1nc(NC2CCCCCCC2)c2cn[nH]c2n1. The van der Waals surface area contributed by atoms with Crippen molar-refractivity contribution in [1.29, 1.82) is 0 Å². The molecular weight excluding hydrogens is 240 g/mol. The summed E-state index contributed by atoms with van der Waals surface area (Å²) in [5.74, 6) is 1.09. The number of fused-ring (bicyclic) bond motifs is 1. The highest BCUT2D eigenvalue weighted by Crippen LogP contribution is 2.24. The second-order valence-corrected chi connectivity index (χ2v) is 5.25. The van der Waals surface area contributed by atoms with E-state index in [0.717, 1.165) is 11.2 Å². The highest BCUT2D eigenvalue weighted by molar-refractivity contribution is 5.86. The number of hydrogen-bond donors (Lipinski definition) is 3. The minimum absolute atomic E-state index is 0.282. The van der Waals surface area contributed by atoms with E-state index in [9.17, 15) is 0 Å². The van der Waals surface area contributed by atoms with Crippen molar-refractivity contribution >= 4 is 22.8 Å². The third kappa shape index (κ3) is 2.77. The fraction of sp³-hybridized carbons (Fsp3) is 0.615. The lowest BCUT2D eigenvalue weighted by molar-refractivity contribution is 0.471. The number of rotatable bonds is 2. The van der Waals surface area contributed by atoms with Crippen LogP contribution in [0.15, 0.2) is 6.20 Å². The Kier molecular flexibility index (Phi) is 3.48. The van der Waals surface area contributed by atoms with Gasteiger partial charge in [0.1, 0.15) is 5.82 Å². The molecule has 0 aromatic carbocycles. The summed E-state index contributed by atoms with van der Waals surface area (Å²) in [6.07, 6.45) is 10.8. The highest BCUT2D eigenvalue weighted by atomic mass is 15.2. The fourth-order valence-corrected chi connectivity index (χ4v) is 2.76. The Morgan fingerprint density at radius 1 is 1.11 bits per heavy atom. The van der Waals surface area contributed by atoms with E-state index in [4.69, 9.17) is 5.73 Å². The highest BCUT2D eigenvalue weighted by Gasteiger charge is 2.14. The number of anilines is 2. The van der Waals surface area contributed by atoms with Gasteiger partial charge in [-0.3, -0.25) is 5.10 Å². The first-order valence-electron chi connectivity index (χ1n) is 7.06. The number of H-pyrrole nitrogens is 1. The molecular formula is C13H20N6. The van der Waals surface area contributed by atoms with E-state index in [1.165, 1.54) is 44.9 Å². The molecule has 6 heteroatoms. The average molecular weight is 260 g/mol. The summed E-state index contributed by atoms with van der Waals surface area (Å²) in [6.45, 7) is 0. The molecule has 0 bridgehead atoms. The minimum Gasteiger partial charge on any atom is -0.368 e. The van der Waals surface area contributed by atoms with Crippen molar-refractivity contribution in [3.63, 3.8) is 0 Å². The maximum Gasteiger partial charge on any atom is 0.224 e. The quantitative estimate of drug-likeness (QED) is 0.771. The van der Waals surface area contributed by atoms with Gasteiger partial charge in [0.2, 0.25) is 5.95 Å². The van der Waals surface area contributed by atoms with Crippen molar-refractivity contribution in [1.82, 2.24) is 20.2 Å². The molecule has 4 N–H and O–H groups in total. The molecule has 3 rings (SSSR count). The molecule has 1 fully saturated rings. The summed E-state index contributed by atoms with van der Waals surface area (Å²) in [6, 6.07) is 0.479. The van der Waals surface area contributed by atoms with E-state index in [0.29, 0.717) is 11.7 Å². The normalized spacial score (nSPS) is 18.1. The zero-order valence-corrected chi connectivity index (χ0v) is 11.0. The van der Waals surface area contributed by atoms with Crippen molar-refractivity contribution < 1.29 is 0 Å². The van der Waals surface area contributed by atoms with Gasteiger partial charge in [-0.05, 0) is 12.8 Å². The number of aromatic amines is 1. The van der Waals surface area contributed by atoms with Crippen molar-refractivity contribution in [2.24, 2.45) is 0 Å². The van der Waals surface area contributed by atoms with Crippen LogP contribution in [0.4, 0.5) is 11.8 Å². The molecule has 1 aliphatic carbocycles. The topological polar surface area (TPSA) is 92.5 Å². The molecule has 0 amide bonds. The second kappa shape index (κ2) is 5.42. The number of nitrogens with zero attached hydrogens (tertiary/aromatic N) is 3. The number of nitrogen functional groups attached to an aromatic ring is 1. The molecule has 2 heterocycles. The first-order chi connectivity index (χ1) is 9.33. The van der Waals surface area contributed by atoms with Crippen LogP contribution in [0, 0.1) is 0 Å². The van der Waals surface area contributed by atoms with E-state index in [-0.39, 0.29) is 5.95 Å². The maximum atomic E-state index is 5.73. The first kappa shape index (κ1) is 12.2. The largest absolute Gasteiger partial charge is 0.368 e. The molecule has 19 heavy (non-hydrogen) atoms. The van der Waals surface area contributed by atoms with Crippen molar-refractivity contribution in [2.75, 3.05) is 11.1 Å². The van der Waals surface area contributed by atoms with Crippen LogP contribution in [0.2, 0.25) is 0 Å². The van der Waals surface area contributed by atoms with Gasteiger partial charge in [0.15, 0.2) is 5.65 Å². The van der Waals surface area contributed by atoms with E-state index in [2.05, 4.69) is 25.5 Å². The van der Waals surface area contributed by atoms with Gasteiger partial charge >= 0.3 is 0 Å². The summed E-state index contributed by atoms with van der Waals surface area (Å²) in [4.78, 5) is 8.45. The smallest absolute Gasteiger partial charge is 0.224 e. The van der Waals surface area contributed by atoms with Gasteiger partial charge in [-0.1, -0.05) is 32.1 Å². The van der Waals surface area contributed by atoms with E-state index in [1.807, 2.05) is 0 Å². The van der Waals surface area contributed by atoms with E-state index in [1.54, 1.807) is 6.20 Å². The van der Waals surface area contributed by atoms with Gasteiger partial charge in [-0.2, -0.15) is 15.1 Å². The molecule has 0 radical (unpaired) electrons. The fourth-order valence-electron chi connectivity index (χ4n) is 2.76. The number of nitrogens with one attached hydrogen (secondary N) is 2. The molecule has 0 spiro atoms. The average Bonchev–Trinajstić information content (AvgIpc) is 2.80. The second-order valence-electron chi connectivity index (χ2n) is 5.25. The number of aromatic nitrogens is 4. The third-order valence-electron chi connectivity index (χ3n) is 3.77. The Labute approximate surface area is 112 Å². The molecule has 2 aromatic heterocycles. The lowest BCUT2D eigenvalue weighted by atomic mass is 9.97. The monoisotopic (exact) mass is 260 g/mol. The van der Waals surface area contributed by atoms with Crippen LogP contribution in [-0.4, -0.2) is 26.2 Å². The first-order valence-corrected chi connectivity index (χ1v) is 7.06. The lowest BCUT2D eigenvalue weighted by Crippen LogP contribution is -2.21. The van der Waals surface area contributed by atoms with E-state index < -0.39 is 0 Å². The van der Waals surface area contributed by atoms with Crippen LogP contribution in [0.3, 0.4) is 0 Å². The molecule has 1 saturated carbocycles. The summed E-state index contributed by atoms with van der Waals surface area (Å²) in [5.41, 5.74) is 6.43. The van der Waals surface area contributed by atoms with Gasteiger partial charge in [-0.25, -0.2) is 0 Å². The molecule has 0 atom stereocenters. The zero-order chi connectivity index (χ0) is 13.1. The van der Waals surface area contributed by atoms with Crippen LogP contribution >= 0.6 is 0 Å². The van der Waals surface area contributed by atoms with Crippen LogP contribution in [0.5, 0.6) is 0 Å². The van der Waals surface area contributed by atoms with Gasteiger partial charge < -0.3 is 11.1 Å². The van der Waals surface area contributed by atoms with Crippen LogP contribution < -0.4 is 11.1 Å². The van der Waals surface area contributed by atoms with Crippen molar-refractivity contribution in [2.45, 2.75) is 51.0 Å². The third-order valence-corrected chi connectivity index (χ3v) is 3.77. The van der Waals surface area contributed by atoms with Gasteiger partial charge in [0, 0.05) is 6.04 Å². The van der Waals surface area contributed by atoms with Gasteiger partial charge in [0.05, 0.1) is 11.6 Å². The predicted octanol–water partition coefficient (Wildman–Crippen LogP) is 2.46. The van der Waals surface area contributed by atoms with Gasteiger partial charge in [-0.15, -0.1) is 0 Å². The molecule has 0 aliphatic heterocycles. The predicted molar refractivity (Wildman–Crippen MR) is 75.8 cm³/mol. The van der Waals surface area contributed by atoms with Crippen LogP contribution in [-0.2, 0) is 0 Å². The maximum absolute atomic E-state index is 5.73. The number of nitrogens with two attached hydrogens (primary N) is 1. The minimum atomic E-state index is 0.282. The Balaban J connectivity index is 1.81. The molecule has 2 aromatic rings. The Hall–Kier alpha value is -1.85. The summed E-state index contributed by atoms with van der Waals surface area (Å²) >= 11 is 0. The Bertz CT molecular complexity index is 541. The Morgan fingerprint density at radius 3 is 2.63 bits per heavy atom. The van der Waals surface area contributed by atoms with Crippen LogP contribution in [0.1, 0.15) is 44.9 Å². The summed E-state index contributed by atoms with van der Waals surface area (Å²) in [5, 5.41) is 11.3. The molecule has 1 aliphatic rings. The molecule has 0 unspecified atom stereocenters. The zero-order valence-electron chi connectivity index (χ0n) is 11.0. The molecule has 6 nitrogen and oxygen atoms in total. The molecule has 0 saturated heterocycles. The van der Waals surface area contributed by atoms with Crippen LogP contribution in [0.25, 0.3) is 11.0 Å². The number of hydrogen-bond acceptors (Lipinski definition) is 5. The van der Waals surface area contributed by atoms with Crippen molar-refractivity contribution in [3.8, 4) is 0 Å². The standard InChI is InChI=1S/C13H20N6/c14-13-17-11(10-8-15-19-12(10)18-13)16-9-6-4-2-1-3-5-7-9/h8-9H,1-7H2,(H4,14,15,16,17,18,19).